The summed E-state index contributed by atoms with van der Waals surface area (Å²) in [5.41, 5.74) is 3.59. The second kappa shape index (κ2) is 12.4. The van der Waals surface area contributed by atoms with Crippen molar-refractivity contribution in [2.75, 3.05) is 19.0 Å². The number of anilines is 1. The maximum Gasteiger partial charge on any atom is 0.330 e. The smallest absolute Gasteiger partial charge is 0.330 e. The number of rotatable bonds is 8. The van der Waals surface area contributed by atoms with E-state index in [4.69, 9.17) is 9.72 Å². The van der Waals surface area contributed by atoms with E-state index in [0.717, 1.165) is 56.8 Å². The highest BCUT2D eigenvalue weighted by Gasteiger charge is 2.30. The van der Waals surface area contributed by atoms with Gasteiger partial charge in [0.1, 0.15) is 5.56 Å². The van der Waals surface area contributed by atoms with Crippen molar-refractivity contribution in [2.24, 2.45) is 14.1 Å². The molecule has 11 nitrogen and oxygen atoms in total. The Morgan fingerprint density at radius 2 is 1.80 bits per heavy atom. The number of ether oxygens (including phenoxy) is 1. The number of hydrogen-bond acceptors (Lipinski definition) is 7. The van der Waals surface area contributed by atoms with Gasteiger partial charge in [-0.1, -0.05) is 30.3 Å². The fourth-order valence-electron chi connectivity index (χ4n) is 6.41. The van der Waals surface area contributed by atoms with Gasteiger partial charge in [0.2, 0.25) is 11.8 Å². The van der Waals surface area contributed by atoms with Crippen LogP contribution in [0.2, 0.25) is 0 Å². The summed E-state index contributed by atoms with van der Waals surface area (Å²) < 4.78 is 23.7. The van der Waals surface area contributed by atoms with E-state index in [0.29, 0.717) is 30.1 Å². The predicted octanol–water partition coefficient (Wildman–Crippen LogP) is 3.38. The van der Waals surface area contributed by atoms with E-state index in [9.17, 15) is 19.2 Å². The molecule has 0 saturated carbocycles. The third kappa shape index (κ3) is 5.60. The number of nitrogens with one attached hydrogen (secondary N) is 3. The van der Waals surface area contributed by atoms with Crippen LogP contribution in [0.1, 0.15) is 52.4 Å². The minimum Gasteiger partial charge on any atom is -0.481 e. The van der Waals surface area contributed by atoms with E-state index in [1.807, 2.05) is 19.1 Å². The first-order chi connectivity index (χ1) is 22.1. The Hall–Kier alpha value is -5.10. The summed E-state index contributed by atoms with van der Waals surface area (Å²) in [6, 6.07) is 12.5. The molecule has 2 aromatic carbocycles. The van der Waals surface area contributed by atoms with Crippen molar-refractivity contribution in [2.45, 2.75) is 44.7 Å². The van der Waals surface area contributed by atoms with E-state index in [2.05, 4.69) is 22.0 Å². The molecule has 6 rings (SSSR count). The van der Waals surface area contributed by atoms with E-state index in [1.54, 1.807) is 25.3 Å². The minimum absolute atomic E-state index is 0.0597. The summed E-state index contributed by atoms with van der Waals surface area (Å²) in [6.07, 6.45) is 4.23. The summed E-state index contributed by atoms with van der Waals surface area (Å²) in [7, 11) is 4.30. The highest BCUT2D eigenvalue weighted by atomic mass is 19.1. The molecule has 238 valence electrons. The Balaban J connectivity index is 1.29. The van der Waals surface area contributed by atoms with Gasteiger partial charge in [0.25, 0.3) is 11.5 Å². The van der Waals surface area contributed by atoms with Crippen molar-refractivity contribution in [3.8, 4) is 28.3 Å². The van der Waals surface area contributed by atoms with Crippen LogP contribution in [0.4, 0.5) is 10.1 Å². The normalized spacial score (nSPS) is 17.1. The summed E-state index contributed by atoms with van der Waals surface area (Å²) in [4.78, 5) is 54.1. The van der Waals surface area contributed by atoms with Gasteiger partial charge >= 0.3 is 5.69 Å². The molecule has 2 aromatic heterocycles. The Labute approximate surface area is 264 Å². The maximum atomic E-state index is 16.0. The van der Waals surface area contributed by atoms with Crippen molar-refractivity contribution in [3.05, 3.63) is 97.6 Å². The molecule has 3 N–H and O–H groups in total. The van der Waals surface area contributed by atoms with Gasteiger partial charge in [-0.15, -0.1) is 0 Å². The molecule has 1 fully saturated rings. The third-order valence-corrected chi connectivity index (χ3v) is 8.89. The largest absolute Gasteiger partial charge is 0.481 e. The standard InChI is InChI=1S/C34H35FN6O5/c1-18-21(23-9-6-10-26(30(23)35)38-31(43)24-17-40(2)34(45)41(3)33(24)44)7-5-8-22(18)27-15-19-11-13-25(29(19)32(39-27)46-4)36-16-20-12-14-28(42)37-20/h5-10,15,17,20,25,36H,11-14,16H2,1-4H3,(H,37,42)(H,38,43)/t20-,25-/m0/s1. The van der Waals surface area contributed by atoms with Gasteiger partial charge in [-0.25, -0.2) is 14.2 Å². The number of aryl methyl sites for hydroxylation is 2. The van der Waals surface area contributed by atoms with Crippen LogP contribution < -0.4 is 31.9 Å². The number of methoxy groups -OCH3 is 1. The SMILES string of the molecule is COc1nc(-c2cccc(-c3cccc(NC(=O)c4cn(C)c(=O)n(C)c4=O)c3F)c2C)cc2c1[C@@H](NC[C@@H]1CCC(=O)N1)CC2. The highest BCUT2D eigenvalue weighted by molar-refractivity contribution is 6.04. The Bertz CT molecular complexity index is 2000. The summed E-state index contributed by atoms with van der Waals surface area (Å²) >= 11 is 0. The van der Waals surface area contributed by atoms with Gasteiger partial charge in [0, 0.05) is 62.0 Å². The van der Waals surface area contributed by atoms with Crippen LogP contribution in [0.3, 0.4) is 0 Å². The Kier molecular flexibility index (Phi) is 8.30. The number of hydrogen-bond donors (Lipinski definition) is 3. The molecule has 2 aliphatic rings. The number of nitrogens with zero attached hydrogens (tertiary/aromatic N) is 3. The van der Waals surface area contributed by atoms with Gasteiger partial charge in [-0.05, 0) is 55.0 Å². The van der Waals surface area contributed by atoms with Crippen molar-refractivity contribution >= 4 is 17.5 Å². The van der Waals surface area contributed by atoms with Gasteiger partial charge in [-0.3, -0.25) is 19.0 Å². The fraction of sp³-hybridized carbons (Fsp3) is 0.324. The molecule has 0 spiro atoms. The lowest BCUT2D eigenvalue weighted by Crippen LogP contribution is -2.40. The van der Waals surface area contributed by atoms with Crippen LogP contribution >= 0.6 is 0 Å². The number of benzene rings is 2. The lowest BCUT2D eigenvalue weighted by molar-refractivity contribution is -0.119. The maximum absolute atomic E-state index is 16.0. The number of amides is 2. The summed E-state index contributed by atoms with van der Waals surface area (Å²) in [5, 5.41) is 9.08. The monoisotopic (exact) mass is 626 g/mol. The van der Waals surface area contributed by atoms with Crippen molar-refractivity contribution in [1.29, 1.82) is 0 Å². The van der Waals surface area contributed by atoms with Gasteiger partial charge in [0.05, 0.1) is 18.5 Å². The van der Waals surface area contributed by atoms with E-state index in [-0.39, 0.29) is 34.8 Å². The topological polar surface area (TPSA) is 136 Å². The van der Waals surface area contributed by atoms with E-state index < -0.39 is 23.0 Å². The second-order valence-electron chi connectivity index (χ2n) is 11.8. The van der Waals surface area contributed by atoms with Crippen LogP contribution in [-0.4, -0.2) is 45.6 Å². The van der Waals surface area contributed by atoms with Crippen LogP contribution in [0.15, 0.2) is 58.3 Å². The number of aromatic nitrogens is 3. The molecular formula is C34H35FN6O5. The molecule has 3 heterocycles. The average molecular weight is 627 g/mol. The first-order valence-electron chi connectivity index (χ1n) is 15.1. The molecule has 0 unspecified atom stereocenters. The molecule has 46 heavy (non-hydrogen) atoms. The zero-order valence-electron chi connectivity index (χ0n) is 26.1. The molecule has 0 radical (unpaired) electrons. The van der Waals surface area contributed by atoms with Gasteiger partial charge < -0.3 is 25.3 Å². The molecule has 4 aromatic rings. The number of carbonyl (C=O) groups excluding carboxylic acids is 2. The van der Waals surface area contributed by atoms with E-state index >= 15 is 4.39 Å². The first-order valence-corrected chi connectivity index (χ1v) is 15.1. The summed E-state index contributed by atoms with van der Waals surface area (Å²) in [5.74, 6) is -0.870. The summed E-state index contributed by atoms with van der Waals surface area (Å²) in [6.45, 7) is 2.57. The van der Waals surface area contributed by atoms with Crippen LogP contribution in [0.5, 0.6) is 5.88 Å². The average Bonchev–Trinajstić information content (AvgIpc) is 3.66. The molecule has 2 atom stereocenters. The number of carbonyl (C=O) groups is 2. The predicted molar refractivity (Wildman–Crippen MR) is 171 cm³/mol. The molecular weight excluding hydrogens is 591 g/mol. The third-order valence-electron chi connectivity index (χ3n) is 8.89. The van der Waals surface area contributed by atoms with E-state index in [1.165, 1.54) is 20.2 Å². The van der Waals surface area contributed by atoms with Crippen molar-refractivity contribution in [3.63, 3.8) is 0 Å². The zero-order chi connectivity index (χ0) is 32.7. The highest BCUT2D eigenvalue weighted by Crippen LogP contribution is 2.41. The number of pyridine rings is 1. The quantitative estimate of drug-likeness (QED) is 0.273. The molecule has 2 amide bonds. The molecule has 1 saturated heterocycles. The number of fused-ring (bicyclic) bond motifs is 1. The minimum atomic E-state index is -0.826. The van der Waals surface area contributed by atoms with Crippen LogP contribution in [0.25, 0.3) is 22.4 Å². The molecule has 12 heteroatoms. The second-order valence-corrected chi connectivity index (χ2v) is 11.8. The molecule has 0 bridgehead atoms. The fourth-order valence-corrected chi connectivity index (χ4v) is 6.41. The van der Waals surface area contributed by atoms with Crippen LogP contribution in [-0.2, 0) is 25.3 Å². The van der Waals surface area contributed by atoms with Crippen molar-refractivity contribution in [1.82, 2.24) is 24.8 Å². The first kappa shape index (κ1) is 30.9. The zero-order valence-corrected chi connectivity index (χ0v) is 26.1. The lowest BCUT2D eigenvalue weighted by Gasteiger charge is -2.20. The van der Waals surface area contributed by atoms with Gasteiger partial charge in [-0.2, -0.15) is 0 Å². The molecule has 1 aliphatic carbocycles. The number of halogens is 1. The lowest BCUT2D eigenvalue weighted by atomic mass is 9.93. The van der Waals surface area contributed by atoms with Gasteiger partial charge in [0.15, 0.2) is 5.82 Å². The Morgan fingerprint density at radius 1 is 1.07 bits per heavy atom. The van der Waals surface area contributed by atoms with Crippen LogP contribution in [0, 0.1) is 12.7 Å². The van der Waals surface area contributed by atoms with Crippen molar-refractivity contribution < 1.29 is 18.7 Å². The Morgan fingerprint density at radius 3 is 2.54 bits per heavy atom. The molecule has 1 aliphatic heterocycles.